The largest absolute Gasteiger partial charge is 0.418 e. The number of hydrogen-bond donors (Lipinski definition) is 2. The molecule has 1 saturated heterocycles. The van der Waals surface area contributed by atoms with Crippen LogP contribution in [0.2, 0.25) is 5.02 Å². The van der Waals surface area contributed by atoms with Crippen LogP contribution in [0.15, 0.2) is 47.5 Å². The molecular weight excluding hydrogens is 461 g/mol. The van der Waals surface area contributed by atoms with Crippen molar-refractivity contribution < 1.29 is 27.7 Å². The number of non-ortho nitro benzene ring substituents is 1. The number of nitro benzene ring substituents is 1. The number of nitrogens with zero attached hydrogens (tertiary/aromatic N) is 2. The summed E-state index contributed by atoms with van der Waals surface area (Å²) in [7, 11) is 0. The van der Waals surface area contributed by atoms with E-state index in [2.05, 4.69) is 15.6 Å². The molecule has 0 aromatic heterocycles. The monoisotopic (exact) mass is 472 g/mol. The maximum Gasteiger partial charge on any atom is 0.418 e. The Morgan fingerprint density at radius 1 is 1.29 bits per heavy atom. The van der Waals surface area contributed by atoms with Crippen LogP contribution in [0.3, 0.4) is 0 Å². The number of nitro groups is 1. The van der Waals surface area contributed by atoms with Crippen molar-refractivity contribution >= 4 is 57.4 Å². The summed E-state index contributed by atoms with van der Waals surface area (Å²) in [5, 5.41) is 14.6. The van der Waals surface area contributed by atoms with Gasteiger partial charge in [0.1, 0.15) is 5.25 Å². The topological polar surface area (TPSA) is 114 Å². The van der Waals surface area contributed by atoms with Gasteiger partial charge in [0.2, 0.25) is 11.8 Å². The number of hydrogen-bond acceptors (Lipinski definition) is 6. The summed E-state index contributed by atoms with van der Waals surface area (Å²) >= 11 is 6.73. The van der Waals surface area contributed by atoms with Crippen molar-refractivity contribution in [3.8, 4) is 0 Å². The second kappa shape index (κ2) is 8.94. The smallest absolute Gasteiger partial charge is 0.325 e. The van der Waals surface area contributed by atoms with Crippen LogP contribution in [-0.2, 0) is 15.8 Å². The molecule has 2 N–H and O–H groups in total. The summed E-state index contributed by atoms with van der Waals surface area (Å²) in [4.78, 5) is 38.5. The number of carbonyl (C=O) groups excluding carboxylic acids is 2. The SMILES string of the molecule is O=C(CC1SC(=Nc2ccccc2C(F)(F)F)NC1=O)Nc1cc([N+](=O)[O-])ccc1Cl. The Bertz CT molecular complexity index is 1090. The van der Waals surface area contributed by atoms with Gasteiger partial charge in [-0.2, -0.15) is 13.2 Å². The van der Waals surface area contributed by atoms with Gasteiger partial charge in [-0.3, -0.25) is 19.7 Å². The first-order chi connectivity index (χ1) is 14.5. The van der Waals surface area contributed by atoms with Gasteiger partial charge in [-0.15, -0.1) is 0 Å². The molecule has 13 heteroatoms. The molecule has 1 aliphatic rings. The average molecular weight is 473 g/mol. The molecule has 8 nitrogen and oxygen atoms in total. The molecule has 1 unspecified atom stereocenters. The highest BCUT2D eigenvalue weighted by atomic mass is 35.5. The van der Waals surface area contributed by atoms with Gasteiger partial charge in [-0.25, -0.2) is 4.99 Å². The number of nitrogens with one attached hydrogen (secondary N) is 2. The van der Waals surface area contributed by atoms with Gasteiger partial charge in [0.05, 0.1) is 26.9 Å². The first-order valence-corrected chi connectivity index (χ1v) is 9.76. The van der Waals surface area contributed by atoms with Crippen molar-refractivity contribution in [3.05, 3.63) is 63.2 Å². The van der Waals surface area contributed by atoms with E-state index >= 15 is 0 Å². The maximum atomic E-state index is 13.1. The number of amides is 2. The number of thioether (sulfide) groups is 1. The van der Waals surface area contributed by atoms with Crippen molar-refractivity contribution in [1.29, 1.82) is 0 Å². The Hall–Kier alpha value is -3.12. The Morgan fingerprint density at radius 2 is 2.00 bits per heavy atom. The van der Waals surface area contributed by atoms with E-state index in [1.54, 1.807) is 0 Å². The second-order valence-corrected chi connectivity index (χ2v) is 7.80. The molecule has 3 rings (SSSR count). The van der Waals surface area contributed by atoms with Crippen LogP contribution in [0, 0.1) is 10.1 Å². The second-order valence-electron chi connectivity index (χ2n) is 6.20. The fraction of sp³-hybridized carbons (Fsp3) is 0.167. The minimum absolute atomic E-state index is 0.00253. The van der Waals surface area contributed by atoms with E-state index in [4.69, 9.17) is 11.6 Å². The van der Waals surface area contributed by atoms with E-state index in [1.165, 1.54) is 24.3 Å². The third-order valence-electron chi connectivity index (χ3n) is 4.01. The number of halogens is 4. The molecule has 1 fully saturated rings. The highest BCUT2D eigenvalue weighted by Crippen LogP contribution is 2.37. The van der Waals surface area contributed by atoms with Crippen molar-refractivity contribution in [2.24, 2.45) is 4.99 Å². The summed E-state index contributed by atoms with van der Waals surface area (Å²) in [6, 6.07) is 8.11. The average Bonchev–Trinajstić information content (AvgIpc) is 3.01. The molecule has 2 aromatic carbocycles. The maximum absolute atomic E-state index is 13.1. The molecule has 2 aromatic rings. The lowest BCUT2D eigenvalue weighted by Gasteiger charge is -2.09. The molecule has 1 aliphatic heterocycles. The Kier molecular flexibility index (Phi) is 6.51. The Morgan fingerprint density at radius 3 is 2.68 bits per heavy atom. The molecule has 31 heavy (non-hydrogen) atoms. The predicted octanol–water partition coefficient (Wildman–Crippen LogP) is 4.51. The van der Waals surface area contributed by atoms with Crippen LogP contribution < -0.4 is 10.6 Å². The van der Waals surface area contributed by atoms with Gasteiger partial charge in [0.25, 0.3) is 5.69 Å². The molecule has 1 heterocycles. The van der Waals surface area contributed by atoms with Crippen LogP contribution in [-0.4, -0.2) is 27.2 Å². The normalized spacial score (nSPS) is 17.5. The van der Waals surface area contributed by atoms with Gasteiger partial charge in [0.15, 0.2) is 5.17 Å². The summed E-state index contributed by atoms with van der Waals surface area (Å²) in [5.74, 6) is -1.26. The summed E-state index contributed by atoms with van der Waals surface area (Å²) in [6.07, 6.45) is -4.97. The lowest BCUT2D eigenvalue weighted by molar-refractivity contribution is -0.384. The molecule has 2 amide bonds. The lowest BCUT2D eigenvalue weighted by atomic mass is 10.2. The minimum Gasteiger partial charge on any atom is -0.325 e. The molecule has 0 radical (unpaired) electrons. The van der Waals surface area contributed by atoms with Crippen molar-refractivity contribution in [2.45, 2.75) is 17.8 Å². The zero-order valence-corrected chi connectivity index (χ0v) is 16.8. The summed E-state index contributed by atoms with van der Waals surface area (Å²) in [5.41, 5.74) is -1.62. The zero-order chi connectivity index (χ0) is 22.8. The van der Waals surface area contributed by atoms with Gasteiger partial charge >= 0.3 is 6.18 Å². The third-order valence-corrected chi connectivity index (χ3v) is 5.43. The molecule has 0 bridgehead atoms. The molecule has 1 atom stereocenters. The fourth-order valence-corrected chi connectivity index (χ4v) is 3.75. The number of benzene rings is 2. The van der Waals surface area contributed by atoms with E-state index in [1.807, 2.05) is 0 Å². The Balaban J connectivity index is 1.71. The lowest BCUT2D eigenvalue weighted by Crippen LogP contribution is -2.28. The summed E-state index contributed by atoms with van der Waals surface area (Å²) < 4.78 is 39.3. The number of rotatable bonds is 5. The van der Waals surface area contributed by atoms with Crippen LogP contribution >= 0.6 is 23.4 Å². The highest BCUT2D eigenvalue weighted by Gasteiger charge is 2.35. The number of amidine groups is 1. The zero-order valence-electron chi connectivity index (χ0n) is 15.3. The molecule has 0 spiro atoms. The first kappa shape index (κ1) is 22.6. The van der Waals surface area contributed by atoms with Crippen molar-refractivity contribution in [3.63, 3.8) is 0 Å². The van der Waals surface area contributed by atoms with Crippen molar-refractivity contribution in [1.82, 2.24) is 5.32 Å². The van der Waals surface area contributed by atoms with Gasteiger partial charge in [0, 0.05) is 18.6 Å². The number of para-hydroxylation sites is 1. The predicted molar refractivity (Wildman–Crippen MR) is 109 cm³/mol. The summed E-state index contributed by atoms with van der Waals surface area (Å²) in [6.45, 7) is 0. The molecule has 0 aliphatic carbocycles. The molecule has 0 saturated carbocycles. The fourth-order valence-electron chi connectivity index (χ4n) is 2.60. The molecule has 162 valence electrons. The minimum atomic E-state index is -4.62. The number of anilines is 1. The number of carbonyl (C=O) groups is 2. The van der Waals surface area contributed by atoms with Crippen molar-refractivity contribution in [2.75, 3.05) is 5.32 Å². The van der Waals surface area contributed by atoms with E-state index in [0.717, 1.165) is 30.0 Å². The van der Waals surface area contributed by atoms with E-state index in [0.29, 0.717) is 0 Å². The van der Waals surface area contributed by atoms with Crippen LogP contribution in [0.1, 0.15) is 12.0 Å². The van der Waals surface area contributed by atoms with Crippen LogP contribution in [0.5, 0.6) is 0 Å². The highest BCUT2D eigenvalue weighted by molar-refractivity contribution is 8.15. The number of aliphatic imine (C=N–C) groups is 1. The number of alkyl halides is 3. The quantitative estimate of drug-likeness (QED) is 0.490. The molecular formula is C18H12ClF3N4O4S. The van der Waals surface area contributed by atoms with Gasteiger partial charge < -0.3 is 10.6 Å². The van der Waals surface area contributed by atoms with Gasteiger partial charge in [-0.1, -0.05) is 35.5 Å². The first-order valence-electron chi connectivity index (χ1n) is 8.51. The third kappa shape index (κ3) is 5.52. The van der Waals surface area contributed by atoms with Gasteiger partial charge in [-0.05, 0) is 18.2 Å². The standard InChI is InChI=1S/C18H12ClF3N4O4S/c19-11-6-5-9(26(29)30)7-13(11)23-15(27)8-14-16(28)25-17(31-14)24-12-4-2-1-3-10(12)18(20,21)22/h1-7,14H,8H2,(H,23,27)(H,24,25,28). The Labute approximate surface area is 182 Å². The van der Waals surface area contributed by atoms with E-state index in [-0.39, 0.29) is 33.7 Å². The van der Waals surface area contributed by atoms with Crippen LogP contribution in [0.4, 0.5) is 30.2 Å². The van der Waals surface area contributed by atoms with E-state index in [9.17, 15) is 32.9 Å². The van der Waals surface area contributed by atoms with Crippen LogP contribution in [0.25, 0.3) is 0 Å². The van der Waals surface area contributed by atoms with E-state index < -0.39 is 33.7 Å².